The molecule has 20 heteroatoms. The summed E-state index contributed by atoms with van der Waals surface area (Å²) in [5.74, 6) is -0.654. The van der Waals surface area contributed by atoms with Crippen LogP contribution in [0, 0.1) is 5.41 Å². The molecule has 0 aliphatic carbocycles. The van der Waals surface area contributed by atoms with Crippen LogP contribution in [0.1, 0.15) is 159 Å². The summed E-state index contributed by atoms with van der Waals surface area (Å²) < 4.78 is 81.2. The van der Waals surface area contributed by atoms with E-state index in [1.165, 1.54) is 13.8 Å². The van der Waals surface area contributed by atoms with E-state index in [1.54, 1.807) is 68.6 Å². The lowest BCUT2D eigenvalue weighted by molar-refractivity contribution is -0.152. The van der Waals surface area contributed by atoms with Crippen LogP contribution < -0.4 is 5.73 Å². The summed E-state index contributed by atoms with van der Waals surface area (Å²) in [5, 5.41) is 0. The Morgan fingerprint density at radius 3 is 0.982 bits per heavy atom. The molecule has 0 heterocycles. The Labute approximate surface area is 358 Å². The molecule has 0 spiro atoms. The van der Waals surface area contributed by atoms with E-state index in [4.69, 9.17) is 42.3 Å². The van der Waals surface area contributed by atoms with Crippen LogP contribution in [0.25, 0.3) is 0 Å². The van der Waals surface area contributed by atoms with Gasteiger partial charge in [-0.25, -0.2) is 13.7 Å². The maximum absolute atomic E-state index is 12.9. The van der Waals surface area contributed by atoms with E-state index in [0.717, 1.165) is 34.1 Å². The van der Waals surface area contributed by atoms with Crippen molar-refractivity contribution in [3.05, 3.63) is 0 Å². The highest BCUT2D eigenvalue weighted by atomic mass is 32.7. The van der Waals surface area contributed by atoms with Gasteiger partial charge in [-0.15, -0.1) is 0 Å². The van der Waals surface area contributed by atoms with Crippen molar-refractivity contribution in [1.82, 2.24) is 0 Å². The Hall–Kier alpha value is 0.400. The molecule has 0 aliphatic rings. The van der Waals surface area contributed by atoms with Crippen LogP contribution in [0.15, 0.2) is 0 Å². The number of hydrogen-bond acceptors (Lipinski definition) is 17. The van der Waals surface area contributed by atoms with Crippen molar-refractivity contribution in [2.45, 2.75) is 198 Å². The SMILES string of the molecule is CC(C)(C)OP(=O)(OC(C)(C)C)SCCOC(=O)C(C)(C)C.CC(C)(C)OP(=O)(OC(C)(C)C)SCOC(=O)C(C)(C)N.CSP(=O)(OC(C)(C)C)OC(C)(C)C. The van der Waals surface area contributed by atoms with Crippen molar-refractivity contribution >= 4 is 66.5 Å². The van der Waals surface area contributed by atoms with Gasteiger partial charge in [0.15, 0.2) is 0 Å². The fraction of sp³-hybridized carbons (Fsp3) is 0.946. The molecule has 0 bridgehead atoms. The van der Waals surface area contributed by atoms with Crippen LogP contribution in [-0.4, -0.2) is 75.6 Å². The Bertz CT molecular complexity index is 1310. The molecule has 0 atom stereocenters. The number of esters is 2. The molecule has 0 radical (unpaired) electrons. The highest BCUT2D eigenvalue weighted by Crippen LogP contribution is 2.66. The number of hydrogen-bond donors (Lipinski definition) is 1. The van der Waals surface area contributed by atoms with Gasteiger partial charge in [-0.3, -0.25) is 36.7 Å². The second-order valence-corrected chi connectivity index (χ2v) is 32.3. The van der Waals surface area contributed by atoms with Gasteiger partial charge in [-0.05, 0) is 188 Å². The average molecular weight is 936 g/mol. The van der Waals surface area contributed by atoms with Crippen LogP contribution in [-0.2, 0) is 59.9 Å². The van der Waals surface area contributed by atoms with Crippen LogP contribution in [0.2, 0.25) is 0 Å². The van der Waals surface area contributed by atoms with Gasteiger partial charge in [-0.1, -0.05) is 0 Å². The lowest BCUT2D eigenvalue weighted by Crippen LogP contribution is -2.42. The zero-order chi connectivity index (χ0) is 46.6. The molecule has 0 saturated heterocycles. The Morgan fingerprint density at radius 2 is 0.737 bits per heavy atom. The third-order valence-corrected chi connectivity index (χ3v) is 16.4. The first-order valence-corrected chi connectivity index (χ1v) is 28.2. The minimum atomic E-state index is -3.47. The smallest absolute Gasteiger partial charge is 0.393 e. The van der Waals surface area contributed by atoms with Gasteiger partial charge < -0.3 is 15.2 Å². The van der Waals surface area contributed by atoms with E-state index in [2.05, 4.69) is 0 Å². The zero-order valence-corrected chi connectivity index (χ0v) is 44.7. The van der Waals surface area contributed by atoms with Crippen LogP contribution in [0.4, 0.5) is 0 Å². The van der Waals surface area contributed by atoms with Gasteiger partial charge in [0.05, 0.1) is 39.0 Å². The summed E-state index contributed by atoms with van der Waals surface area (Å²) in [6.45, 7) is 31.6. The third-order valence-electron chi connectivity index (χ3n) is 4.64. The van der Waals surface area contributed by atoms with Crippen molar-refractivity contribution in [2.24, 2.45) is 11.1 Å². The van der Waals surface area contributed by atoms with Crippen LogP contribution in [0.5, 0.6) is 0 Å². The molecule has 0 fully saturated rings. The summed E-state index contributed by atoms with van der Waals surface area (Å²) in [6, 6.07) is 0. The molecule has 0 aliphatic heterocycles. The fourth-order valence-corrected chi connectivity index (χ4v) is 14.8. The Balaban J connectivity index is -0.000000787. The first-order chi connectivity index (χ1) is 24.6. The maximum atomic E-state index is 12.9. The van der Waals surface area contributed by atoms with Gasteiger partial charge in [-0.2, -0.15) is 0 Å². The third kappa shape index (κ3) is 37.9. The Kier molecular flexibility index (Phi) is 25.1. The highest BCUT2D eigenvalue weighted by molar-refractivity contribution is 8.55. The predicted octanol–water partition coefficient (Wildman–Crippen LogP) is 12.8. The van der Waals surface area contributed by atoms with Gasteiger partial charge in [0, 0.05) is 17.1 Å². The molecule has 57 heavy (non-hydrogen) atoms. The summed E-state index contributed by atoms with van der Waals surface area (Å²) in [6.07, 6.45) is 1.73. The second kappa shape index (κ2) is 23.2. The topological polar surface area (TPSA) is 185 Å². The maximum Gasteiger partial charge on any atom is 0.393 e. The molecule has 0 rings (SSSR count). The van der Waals surface area contributed by atoms with Gasteiger partial charge >= 0.3 is 32.3 Å². The molecule has 2 N–H and O–H groups in total. The number of carbonyl (C=O) groups is 2. The van der Waals surface area contributed by atoms with Crippen molar-refractivity contribution in [1.29, 1.82) is 0 Å². The standard InChI is InChI=1S/C15H31O5PS.C13H28NO5PS.C9H21O3PS/c1-13(2,3)12(16)18-10-11-22-21(17,19-14(4,5)6)20-15(7,8)9;1-11(2,3)18-20(16,19-12(4,5)6)21-9-17-10(15)13(7,8)14;1-8(2,3)11-13(10,14-7)12-9(4,5)6/h10-11H2,1-9H3;9,14H2,1-8H3;1-7H3. The average Bonchev–Trinajstić information content (AvgIpc) is 2.83. The number of rotatable bonds is 15. The first-order valence-electron chi connectivity index (χ1n) is 18.6. The normalized spacial score (nSPS) is 14.2. The van der Waals surface area contributed by atoms with Crippen LogP contribution in [0.3, 0.4) is 0 Å². The van der Waals surface area contributed by atoms with E-state index >= 15 is 0 Å². The lowest BCUT2D eigenvalue weighted by atomic mass is 9.97. The zero-order valence-electron chi connectivity index (χ0n) is 39.6. The molecule has 0 aromatic heterocycles. The molecule has 0 unspecified atom stereocenters. The molecule has 0 amide bonds. The quantitative estimate of drug-likeness (QED) is 0.0706. The van der Waals surface area contributed by atoms with Crippen molar-refractivity contribution in [2.75, 3.05) is 24.6 Å². The molecular formula is C37H80NO13P3S3. The van der Waals surface area contributed by atoms with Crippen LogP contribution >= 0.6 is 54.5 Å². The molecule has 344 valence electrons. The lowest BCUT2D eigenvalue weighted by Gasteiger charge is -2.31. The predicted molar refractivity (Wildman–Crippen MR) is 241 cm³/mol. The van der Waals surface area contributed by atoms with Crippen molar-refractivity contribution in [3.8, 4) is 0 Å². The van der Waals surface area contributed by atoms with E-state index in [1.807, 2.05) is 83.1 Å². The summed E-state index contributed by atoms with van der Waals surface area (Å²) >= 11 is 3.04. The number of nitrogens with two attached hydrogens (primary N) is 1. The summed E-state index contributed by atoms with van der Waals surface area (Å²) in [5.41, 5.74) is 0.597. The molecule has 0 aromatic rings. The summed E-state index contributed by atoms with van der Waals surface area (Å²) in [4.78, 5) is 23.3. The van der Waals surface area contributed by atoms with Crippen molar-refractivity contribution < 1.29 is 59.9 Å². The van der Waals surface area contributed by atoms with Crippen molar-refractivity contribution in [3.63, 3.8) is 0 Å². The Morgan fingerprint density at radius 1 is 0.456 bits per heavy atom. The van der Waals surface area contributed by atoms with E-state index in [0.29, 0.717) is 5.75 Å². The highest BCUT2D eigenvalue weighted by Gasteiger charge is 2.38. The van der Waals surface area contributed by atoms with E-state index in [9.17, 15) is 23.3 Å². The van der Waals surface area contributed by atoms with E-state index < -0.39 is 70.9 Å². The van der Waals surface area contributed by atoms with Gasteiger partial charge in [0.2, 0.25) is 0 Å². The minimum Gasteiger partial charge on any atom is -0.464 e. The van der Waals surface area contributed by atoms with Gasteiger partial charge in [0.25, 0.3) is 0 Å². The number of carbonyl (C=O) groups excluding carboxylic acids is 2. The minimum absolute atomic E-state index is 0.150. The monoisotopic (exact) mass is 935 g/mol. The van der Waals surface area contributed by atoms with E-state index in [-0.39, 0.29) is 18.5 Å². The number of ether oxygens (including phenoxy) is 2. The second-order valence-electron chi connectivity index (χ2n) is 20.4. The molecule has 14 nitrogen and oxygen atoms in total. The molecular weight excluding hydrogens is 856 g/mol. The fourth-order valence-electron chi connectivity index (χ4n) is 3.08. The molecule has 0 aromatic carbocycles. The molecule has 0 saturated carbocycles. The van der Waals surface area contributed by atoms with Gasteiger partial charge in [0.1, 0.15) is 18.1 Å². The largest absolute Gasteiger partial charge is 0.464 e. The summed E-state index contributed by atoms with van der Waals surface area (Å²) in [7, 11) is 0. The first kappa shape index (κ1) is 61.7.